The Morgan fingerprint density at radius 3 is 3.05 bits per heavy atom. The van der Waals surface area contributed by atoms with Gasteiger partial charge in [0.2, 0.25) is 0 Å². The third-order valence-corrected chi connectivity index (χ3v) is 3.16. The molecule has 2 aromatic rings. The van der Waals surface area contributed by atoms with Gasteiger partial charge in [-0.3, -0.25) is 4.79 Å². The molecule has 2 rings (SSSR count). The second kappa shape index (κ2) is 7.81. The van der Waals surface area contributed by atoms with Crippen molar-refractivity contribution < 1.29 is 4.74 Å². The molecule has 0 aromatic carbocycles. The maximum atomic E-state index is 12.1. The molecule has 0 aliphatic carbocycles. The third-order valence-electron chi connectivity index (χ3n) is 3.16. The van der Waals surface area contributed by atoms with Crippen LogP contribution in [0.2, 0.25) is 0 Å². The smallest absolute Gasteiger partial charge is 0.276 e. The number of nitrogens with zero attached hydrogens (tertiary/aromatic N) is 3. The molecule has 0 radical (unpaired) electrons. The number of unbranched alkanes of at least 4 members (excludes halogenated alkanes) is 1. The topological polar surface area (TPSA) is 60.6 Å². The summed E-state index contributed by atoms with van der Waals surface area (Å²) in [5.41, 5.74) is 0.618. The number of rotatable bonds is 9. The largest absolute Gasteiger partial charge is 0.382 e. The van der Waals surface area contributed by atoms with Gasteiger partial charge in [0, 0.05) is 38.7 Å². The van der Waals surface area contributed by atoms with E-state index in [1.807, 2.05) is 6.92 Å². The Labute approximate surface area is 118 Å². The molecule has 110 valence electrons. The highest BCUT2D eigenvalue weighted by Crippen LogP contribution is 1.94. The predicted octanol–water partition coefficient (Wildman–Crippen LogP) is 0.902. The van der Waals surface area contributed by atoms with Crippen LogP contribution in [-0.2, 0) is 11.3 Å². The zero-order valence-electron chi connectivity index (χ0n) is 11.9. The molecule has 1 N–H and O–H groups in total. The van der Waals surface area contributed by atoms with E-state index in [0.29, 0.717) is 12.1 Å². The first-order valence-electron chi connectivity index (χ1n) is 7.14. The standard InChI is InChI=1S/C14H22N4O2/c1-2-20-12-4-3-6-15-8-9-17-10-11-18-13(14(17)19)5-7-16-18/h5,7,10-11,15H,2-4,6,8-9,12H2,1H3. The van der Waals surface area contributed by atoms with E-state index in [4.69, 9.17) is 4.74 Å². The Morgan fingerprint density at radius 2 is 2.20 bits per heavy atom. The minimum absolute atomic E-state index is 0.00291. The molecule has 6 heteroatoms. The van der Waals surface area contributed by atoms with E-state index < -0.39 is 0 Å². The Kier molecular flexibility index (Phi) is 5.76. The Morgan fingerprint density at radius 1 is 1.30 bits per heavy atom. The van der Waals surface area contributed by atoms with E-state index >= 15 is 0 Å². The highest BCUT2D eigenvalue weighted by atomic mass is 16.5. The molecule has 0 saturated heterocycles. The van der Waals surface area contributed by atoms with Gasteiger partial charge >= 0.3 is 0 Å². The molecule has 0 spiro atoms. The summed E-state index contributed by atoms with van der Waals surface area (Å²) in [5, 5.41) is 7.38. The molecule has 0 amide bonds. The first-order chi connectivity index (χ1) is 9.83. The summed E-state index contributed by atoms with van der Waals surface area (Å²) in [7, 11) is 0. The maximum absolute atomic E-state index is 12.1. The molecule has 0 atom stereocenters. The quantitative estimate of drug-likeness (QED) is 0.692. The van der Waals surface area contributed by atoms with Gasteiger partial charge in [0.1, 0.15) is 5.52 Å². The average Bonchev–Trinajstić information content (AvgIpc) is 2.93. The Hall–Kier alpha value is -1.66. The van der Waals surface area contributed by atoms with Crippen LogP contribution in [0.4, 0.5) is 0 Å². The van der Waals surface area contributed by atoms with Gasteiger partial charge in [-0.25, -0.2) is 4.52 Å². The van der Waals surface area contributed by atoms with Gasteiger partial charge in [-0.1, -0.05) is 0 Å². The zero-order chi connectivity index (χ0) is 14.2. The fraction of sp³-hybridized carbons (Fsp3) is 0.571. The lowest BCUT2D eigenvalue weighted by Crippen LogP contribution is -2.28. The van der Waals surface area contributed by atoms with E-state index in [1.54, 1.807) is 33.7 Å². The number of aromatic nitrogens is 3. The normalized spacial score (nSPS) is 11.2. The van der Waals surface area contributed by atoms with Gasteiger partial charge in [0.25, 0.3) is 5.56 Å². The molecular formula is C14H22N4O2. The van der Waals surface area contributed by atoms with Crippen molar-refractivity contribution in [3.05, 3.63) is 35.0 Å². The lowest BCUT2D eigenvalue weighted by atomic mass is 10.3. The molecule has 0 aliphatic heterocycles. The van der Waals surface area contributed by atoms with Crippen LogP contribution in [0.3, 0.4) is 0 Å². The summed E-state index contributed by atoms with van der Waals surface area (Å²) in [4.78, 5) is 12.1. The van der Waals surface area contributed by atoms with E-state index in [9.17, 15) is 4.79 Å². The van der Waals surface area contributed by atoms with Crippen LogP contribution in [-0.4, -0.2) is 40.5 Å². The van der Waals surface area contributed by atoms with Gasteiger partial charge in [-0.15, -0.1) is 0 Å². The van der Waals surface area contributed by atoms with Gasteiger partial charge in [0.15, 0.2) is 0 Å². The van der Waals surface area contributed by atoms with E-state index in [-0.39, 0.29) is 5.56 Å². The highest BCUT2D eigenvalue weighted by molar-refractivity contribution is 5.42. The molecule has 6 nitrogen and oxygen atoms in total. The summed E-state index contributed by atoms with van der Waals surface area (Å²) >= 11 is 0. The van der Waals surface area contributed by atoms with Crippen molar-refractivity contribution in [2.24, 2.45) is 0 Å². The number of hydrogen-bond donors (Lipinski definition) is 1. The van der Waals surface area contributed by atoms with E-state index in [0.717, 1.165) is 39.1 Å². The summed E-state index contributed by atoms with van der Waals surface area (Å²) in [6.45, 7) is 6.04. The molecule has 0 fully saturated rings. The van der Waals surface area contributed by atoms with Crippen LogP contribution in [0.25, 0.3) is 5.52 Å². The third kappa shape index (κ3) is 3.91. The molecular weight excluding hydrogens is 256 g/mol. The lowest BCUT2D eigenvalue weighted by molar-refractivity contribution is 0.143. The summed E-state index contributed by atoms with van der Waals surface area (Å²) in [6, 6.07) is 1.74. The second-order valence-corrected chi connectivity index (χ2v) is 4.61. The van der Waals surface area contributed by atoms with Gasteiger partial charge in [-0.05, 0) is 32.4 Å². The van der Waals surface area contributed by atoms with E-state index in [1.165, 1.54) is 0 Å². The molecule has 2 aromatic heterocycles. The van der Waals surface area contributed by atoms with Crippen LogP contribution < -0.4 is 10.9 Å². The first-order valence-corrected chi connectivity index (χ1v) is 7.14. The monoisotopic (exact) mass is 278 g/mol. The Balaban J connectivity index is 1.71. The molecule has 20 heavy (non-hydrogen) atoms. The van der Waals surface area contributed by atoms with Crippen molar-refractivity contribution in [3.63, 3.8) is 0 Å². The SMILES string of the molecule is CCOCCCCNCCn1ccn2nccc2c1=O. The van der Waals surface area contributed by atoms with Crippen molar-refractivity contribution in [1.82, 2.24) is 19.5 Å². The predicted molar refractivity (Wildman–Crippen MR) is 78.0 cm³/mol. The number of nitrogens with one attached hydrogen (secondary N) is 1. The summed E-state index contributed by atoms with van der Waals surface area (Å²) < 4.78 is 8.59. The van der Waals surface area contributed by atoms with Crippen molar-refractivity contribution in [2.45, 2.75) is 26.3 Å². The van der Waals surface area contributed by atoms with Crippen molar-refractivity contribution in [2.75, 3.05) is 26.3 Å². The van der Waals surface area contributed by atoms with Gasteiger partial charge in [0.05, 0.1) is 6.20 Å². The fourth-order valence-electron chi connectivity index (χ4n) is 2.06. The number of fused-ring (bicyclic) bond motifs is 1. The van der Waals surface area contributed by atoms with Crippen molar-refractivity contribution in [3.8, 4) is 0 Å². The van der Waals surface area contributed by atoms with Gasteiger partial charge < -0.3 is 14.6 Å². The molecule has 2 heterocycles. The highest BCUT2D eigenvalue weighted by Gasteiger charge is 2.02. The van der Waals surface area contributed by atoms with Crippen LogP contribution >= 0.6 is 0 Å². The average molecular weight is 278 g/mol. The van der Waals surface area contributed by atoms with Gasteiger partial charge in [-0.2, -0.15) is 5.10 Å². The van der Waals surface area contributed by atoms with Crippen LogP contribution in [0.1, 0.15) is 19.8 Å². The minimum Gasteiger partial charge on any atom is -0.382 e. The van der Waals surface area contributed by atoms with Crippen LogP contribution in [0, 0.1) is 0 Å². The van der Waals surface area contributed by atoms with Crippen LogP contribution in [0.5, 0.6) is 0 Å². The second-order valence-electron chi connectivity index (χ2n) is 4.61. The number of ether oxygens (including phenoxy) is 1. The summed E-state index contributed by atoms with van der Waals surface area (Å²) in [5.74, 6) is 0. The zero-order valence-corrected chi connectivity index (χ0v) is 11.9. The molecule has 0 unspecified atom stereocenters. The Bertz CT molecular complexity index is 576. The fourth-order valence-corrected chi connectivity index (χ4v) is 2.06. The maximum Gasteiger partial charge on any atom is 0.276 e. The lowest BCUT2D eigenvalue weighted by Gasteiger charge is -2.07. The van der Waals surface area contributed by atoms with Crippen LogP contribution in [0.15, 0.2) is 29.5 Å². The number of hydrogen-bond acceptors (Lipinski definition) is 4. The first kappa shape index (κ1) is 14.7. The molecule has 0 bridgehead atoms. The molecule has 0 saturated carbocycles. The summed E-state index contributed by atoms with van der Waals surface area (Å²) in [6.07, 6.45) is 7.38. The molecule has 0 aliphatic rings. The van der Waals surface area contributed by atoms with Crippen molar-refractivity contribution >= 4 is 5.52 Å². The van der Waals surface area contributed by atoms with E-state index in [2.05, 4.69) is 10.4 Å². The minimum atomic E-state index is 0.00291. The van der Waals surface area contributed by atoms with Crippen molar-refractivity contribution in [1.29, 1.82) is 0 Å².